The van der Waals surface area contributed by atoms with Crippen molar-refractivity contribution in [1.29, 1.82) is 0 Å². The van der Waals surface area contributed by atoms with Gasteiger partial charge in [-0.2, -0.15) is 0 Å². The highest BCUT2D eigenvalue weighted by Crippen LogP contribution is 2.52. The third kappa shape index (κ3) is 3.51. The number of nitrogens with zero attached hydrogens (tertiary/aromatic N) is 2. The van der Waals surface area contributed by atoms with Crippen LogP contribution in [0.4, 0.5) is 0 Å². The first-order chi connectivity index (χ1) is 18.0. The molecule has 1 aromatic heterocycles. The molecule has 1 heterocycles. The third-order valence-corrected chi connectivity index (χ3v) is 7.59. The van der Waals surface area contributed by atoms with Crippen LogP contribution < -0.4 is 5.73 Å². The monoisotopic (exact) mass is 515 g/mol. The lowest BCUT2D eigenvalue weighted by atomic mass is 9.57. The molecule has 10 heteroatoms. The SMILES string of the molecule is CN(C)[C@@H]1C(=O)C(C(N)=O)=C(O)[C@@]2(O)C(=O)C3=C(O)c4c(O)ccc(C#Cc5ccccn5)c4CC3CC12. The third-order valence-electron chi connectivity index (χ3n) is 7.59. The van der Waals surface area contributed by atoms with E-state index in [1.165, 1.54) is 11.0 Å². The number of carbonyl (C=O) groups excluding carboxylic acids is 3. The molecule has 38 heavy (non-hydrogen) atoms. The van der Waals surface area contributed by atoms with Gasteiger partial charge in [-0.05, 0) is 68.6 Å². The van der Waals surface area contributed by atoms with E-state index in [1.807, 2.05) is 0 Å². The number of likely N-dealkylation sites (N-methyl/N-ethyl adjacent to an activating group) is 1. The highest BCUT2D eigenvalue weighted by Gasteiger charge is 2.64. The van der Waals surface area contributed by atoms with Crippen LogP contribution in [0, 0.1) is 23.7 Å². The largest absolute Gasteiger partial charge is 0.508 e. The number of aromatic hydroxyl groups is 1. The molecule has 10 nitrogen and oxygen atoms in total. The number of aliphatic hydroxyl groups is 3. The highest BCUT2D eigenvalue weighted by molar-refractivity contribution is 6.24. The maximum atomic E-state index is 13.8. The number of pyridine rings is 1. The number of primary amides is 1. The molecule has 194 valence electrons. The van der Waals surface area contributed by atoms with Gasteiger partial charge in [-0.1, -0.05) is 12.0 Å². The highest BCUT2D eigenvalue weighted by atomic mass is 16.3. The number of rotatable bonds is 2. The van der Waals surface area contributed by atoms with Gasteiger partial charge in [-0.15, -0.1) is 0 Å². The zero-order valence-corrected chi connectivity index (χ0v) is 20.6. The Morgan fingerprint density at radius 1 is 1.13 bits per heavy atom. The van der Waals surface area contributed by atoms with Gasteiger partial charge in [0.05, 0.1) is 11.6 Å². The lowest BCUT2D eigenvalue weighted by molar-refractivity contribution is -0.153. The molecule has 0 bridgehead atoms. The van der Waals surface area contributed by atoms with Gasteiger partial charge < -0.3 is 26.2 Å². The van der Waals surface area contributed by atoms with Gasteiger partial charge in [0, 0.05) is 23.3 Å². The van der Waals surface area contributed by atoms with Gasteiger partial charge in [-0.25, -0.2) is 4.98 Å². The van der Waals surface area contributed by atoms with Gasteiger partial charge in [0.15, 0.2) is 11.4 Å². The molecule has 5 rings (SSSR count). The van der Waals surface area contributed by atoms with E-state index in [-0.39, 0.29) is 29.7 Å². The molecule has 2 aromatic rings. The summed E-state index contributed by atoms with van der Waals surface area (Å²) in [5.74, 6) is -0.943. The standard InChI is InChI=1S/C28H25N3O7/c1-31(2)22-17-12-14-11-16-13(6-8-15-5-3-4-10-30-15)7-9-18(32)20(16)23(33)19(14)25(35)28(17,38)26(36)21(24(22)34)27(29)37/h3-5,7,9-10,14,17,22,32-33,36,38H,11-12H2,1-2H3,(H2,29,37)/t14?,17?,22-,28-/m0/s1. The second-order valence-electron chi connectivity index (χ2n) is 9.91. The smallest absolute Gasteiger partial charge is 0.255 e. The number of aromatic nitrogens is 1. The Balaban J connectivity index is 1.69. The second kappa shape index (κ2) is 8.83. The van der Waals surface area contributed by atoms with E-state index in [9.17, 15) is 34.8 Å². The number of ketones is 2. The number of benzene rings is 1. The van der Waals surface area contributed by atoms with Gasteiger partial charge in [0.1, 0.15) is 28.5 Å². The fourth-order valence-electron chi connectivity index (χ4n) is 5.93. The zero-order valence-electron chi connectivity index (χ0n) is 20.6. The molecule has 1 amide bonds. The summed E-state index contributed by atoms with van der Waals surface area (Å²) in [5, 5.41) is 44.4. The van der Waals surface area contributed by atoms with Crippen LogP contribution in [0.2, 0.25) is 0 Å². The van der Waals surface area contributed by atoms with Crippen molar-refractivity contribution in [2.45, 2.75) is 24.5 Å². The molecule has 2 unspecified atom stereocenters. The fraction of sp³-hybridized carbons (Fsp3) is 0.286. The molecular formula is C28H25N3O7. The van der Waals surface area contributed by atoms with E-state index in [4.69, 9.17) is 5.73 Å². The first-order valence-corrected chi connectivity index (χ1v) is 11.9. The minimum Gasteiger partial charge on any atom is -0.508 e. The minimum atomic E-state index is -2.67. The zero-order chi connectivity index (χ0) is 27.5. The summed E-state index contributed by atoms with van der Waals surface area (Å²) < 4.78 is 0. The van der Waals surface area contributed by atoms with Crippen LogP contribution in [0.15, 0.2) is 53.4 Å². The number of carbonyl (C=O) groups is 3. The number of phenols is 1. The van der Waals surface area contributed by atoms with Crippen molar-refractivity contribution in [2.75, 3.05) is 14.1 Å². The molecule has 0 spiro atoms. The van der Waals surface area contributed by atoms with Crippen LogP contribution in [-0.4, -0.2) is 73.5 Å². The normalized spacial score (nSPS) is 26.4. The summed E-state index contributed by atoms with van der Waals surface area (Å²) >= 11 is 0. The number of hydrogen-bond acceptors (Lipinski definition) is 9. The molecule has 6 N–H and O–H groups in total. The predicted molar refractivity (Wildman–Crippen MR) is 134 cm³/mol. The van der Waals surface area contributed by atoms with Crippen LogP contribution in [0.3, 0.4) is 0 Å². The first-order valence-electron chi connectivity index (χ1n) is 11.9. The van der Waals surface area contributed by atoms with Crippen LogP contribution in [0.5, 0.6) is 5.75 Å². The fourth-order valence-corrected chi connectivity index (χ4v) is 5.93. The quantitative estimate of drug-likeness (QED) is 0.286. The number of Topliss-reactive ketones (excluding diaryl/α,β-unsaturated/α-hetero) is 2. The molecular weight excluding hydrogens is 490 g/mol. The van der Waals surface area contributed by atoms with E-state index < -0.39 is 58.0 Å². The maximum absolute atomic E-state index is 13.8. The van der Waals surface area contributed by atoms with Crippen molar-refractivity contribution in [2.24, 2.45) is 17.6 Å². The lowest BCUT2D eigenvalue weighted by Gasteiger charge is -2.50. The maximum Gasteiger partial charge on any atom is 0.255 e. The van der Waals surface area contributed by atoms with E-state index in [0.717, 1.165) is 0 Å². The number of fused-ring (bicyclic) bond motifs is 3. The van der Waals surface area contributed by atoms with Crippen molar-refractivity contribution in [3.63, 3.8) is 0 Å². The van der Waals surface area contributed by atoms with Crippen molar-refractivity contribution in [3.8, 4) is 17.6 Å². The number of nitrogens with two attached hydrogens (primary N) is 1. The molecule has 1 fully saturated rings. The van der Waals surface area contributed by atoms with Gasteiger partial charge in [-0.3, -0.25) is 19.3 Å². The van der Waals surface area contributed by atoms with E-state index in [2.05, 4.69) is 16.8 Å². The van der Waals surface area contributed by atoms with Crippen LogP contribution >= 0.6 is 0 Å². The van der Waals surface area contributed by atoms with Crippen molar-refractivity contribution < 1.29 is 34.8 Å². The van der Waals surface area contributed by atoms with Crippen LogP contribution in [0.25, 0.3) is 5.76 Å². The number of hydrogen-bond donors (Lipinski definition) is 5. The summed E-state index contributed by atoms with van der Waals surface area (Å²) in [6, 6.07) is 7.09. The summed E-state index contributed by atoms with van der Waals surface area (Å²) in [6.45, 7) is 0. The Labute approximate surface area is 217 Å². The Hall–Kier alpha value is -4.46. The summed E-state index contributed by atoms with van der Waals surface area (Å²) in [7, 11) is 3.10. The van der Waals surface area contributed by atoms with E-state index in [1.54, 1.807) is 44.6 Å². The van der Waals surface area contributed by atoms with Gasteiger partial charge in [0.2, 0.25) is 5.78 Å². The Bertz CT molecular complexity index is 1530. The minimum absolute atomic E-state index is 0.00545. The number of amides is 1. The van der Waals surface area contributed by atoms with Crippen LogP contribution in [-0.2, 0) is 20.8 Å². The second-order valence-corrected chi connectivity index (χ2v) is 9.91. The molecule has 3 aliphatic carbocycles. The lowest BCUT2D eigenvalue weighted by Crippen LogP contribution is -2.65. The summed E-state index contributed by atoms with van der Waals surface area (Å²) in [5.41, 5.74) is 3.13. The van der Waals surface area contributed by atoms with Gasteiger partial charge >= 0.3 is 0 Å². The molecule has 0 saturated heterocycles. The average Bonchev–Trinajstić information content (AvgIpc) is 2.86. The molecule has 3 aliphatic rings. The van der Waals surface area contributed by atoms with Crippen LogP contribution in [0.1, 0.15) is 28.8 Å². The molecule has 0 aliphatic heterocycles. The molecule has 1 aromatic carbocycles. The topological polar surface area (TPSA) is 174 Å². The average molecular weight is 516 g/mol. The summed E-state index contributed by atoms with van der Waals surface area (Å²) in [4.78, 5) is 44.7. The number of aliphatic hydroxyl groups excluding tert-OH is 2. The first kappa shape index (κ1) is 25.2. The van der Waals surface area contributed by atoms with Gasteiger partial charge in [0.25, 0.3) is 5.91 Å². The Kier molecular flexibility index (Phi) is 5.86. The molecule has 0 radical (unpaired) electrons. The van der Waals surface area contributed by atoms with E-state index >= 15 is 0 Å². The number of phenolic OH excluding ortho intramolecular Hbond substituents is 1. The summed E-state index contributed by atoms with van der Waals surface area (Å²) in [6.07, 6.45) is 1.77. The molecule has 1 saturated carbocycles. The van der Waals surface area contributed by atoms with Crippen molar-refractivity contribution in [3.05, 3.63) is 75.8 Å². The Morgan fingerprint density at radius 3 is 2.50 bits per heavy atom. The van der Waals surface area contributed by atoms with Crippen molar-refractivity contribution in [1.82, 2.24) is 9.88 Å². The van der Waals surface area contributed by atoms with Crippen molar-refractivity contribution >= 4 is 23.2 Å². The van der Waals surface area contributed by atoms with E-state index in [0.29, 0.717) is 16.8 Å². The molecule has 4 atom stereocenters. The Morgan fingerprint density at radius 2 is 1.87 bits per heavy atom. The predicted octanol–water partition coefficient (Wildman–Crippen LogP) is 0.759.